The van der Waals surface area contributed by atoms with Crippen LogP contribution in [0.15, 0.2) is 36.5 Å². The Kier molecular flexibility index (Phi) is 5.23. The number of carbonyl (C=O) groups excluding carboxylic acids is 2. The van der Waals surface area contributed by atoms with E-state index in [0.717, 1.165) is 24.1 Å². The summed E-state index contributed by atoms with van der Waals surface area (Å²) < 4.78 is 0. The highest BCUT2D eigenvalue weighted by molar-refractivity contribution is 5.99. The minimum absolute atomic E-state index is 0.0823. The van der Waals surface area contributed by atoms with E-state index in [0.29, 0.717) is 31.0 Å². The van der Waals surface area contributed by atoms with Gasteiger partial charge in [0.05, 0.1) is 17.5 Å². The van der Waals surface area contributed by atoms with Gasteiger partial charge in [0.25, 0.3) is 5.91 Å². The lowest BCUT2D eigenvalue weighted by molar-refractivity contribution is -0.127. The number of hydrogen-bond acceptors (Lipinski definition) is 3. The summed E-state index contributed by atoms with van der Waals surface area (Å²) in [5.41, 5.74) is 2.64. The normalized spacial score (nSPS) is 21.1. The average molecular weight is 366 g/mol. The molecule has 2 aromatic rings. The van der Waals surface area contributed by atoms with E-state index in [-0.39, 0.29) is 11.8 Å². The Morgan fingerprint density at radius 3 is 2.70 bits per heavy atom. The molecule has 0 spiro atoms. The van der Waals surface area contributed by atoms with Crippen molar-refractivity contribution in [3.63, 3.8) is 0 Å². The van der Waals surface area contributed by atoms with Crippen molar-refractivity contribution >= 4 is 11.8 Å². The van der Waals surface area contributed by atoms with Gasteiger partial charge in [-0.3, -0.25) is 14.7 Å². The molecular formula is C21H26N4O2. The third kappa shape index (κ3) is 3.75. The van der Waals surface area contributed by atoms with Crippen molar-refractivity contribution in [2.24, 2.45) is 0 Å². The molecule has 2 N–H and O–H groups in total. The SMILES string of the molecule is O=C1NCCN(C(=O)c2cn[nH]c2C2CCCCC2)[C@H]1Cc1ccccc1. The Balaban J connectivity index is 1.58. The molecule has 1 aliphatic heterocycles. The van der Waals surface area contributed by atoms with E-state index in [4.69, 9.17) is 0 Å². The molecule has 2 heterocycles. The van der Waals surface area contributed by atoms with E-state index in [1.165, 1.54) is 19.3 Å². The fourth-order valence-electron chi connectivity index (χ4n) is 4.32. The number of H-pyrrole nitrogens is 1. The van der Waals surface area contributed by atoms with Crippen LogP contribution < -0.4 is 5.32 Å². The number of aromatic nitrogens is 2. The molecule has 0 radical (unpaired) electrons. The zero-order valence-corrected chi connectivity index (χ0v) is 15.5. The monoisotopic (exact) mass is 366 g/mol. The maximum absolute atomic E-state index is 13.4. The number of hydrogen-bond donors (Lipinski definition) is 2. The molecule has 1 atom stereocenters. The quantitative estimate of drug-likeness (QED) is 0.873. The molecule has 2 amide bonds. The molecule has 1 aromatic heterocycles. The lowest BCUT2D eigenvalue weighted by atomic mass is 9.85. The molecule has 1 aromatic carbocycles. The molecular weight excluding hydrogens is 340 g/mol. The van der Waals surface area contributed by atoms with Gasteiger partial charge in [-0.25, -0.2) is 0 Å². The molecule has 1 aliphatic carbocycles. The minimum Gasteiger partial charge on any atom is -0.353 e. The predicted octanol–water partition coefficient (Wildman–Crippen LogP) is 2.64. The molecule has 1 saturated carbocycles. The number of amides is 2. The summed E-state index contributed by atoms with van der Waals surface area (Å²) in [6.45, 7) is 1.02. The van der Waals surface area contributed by atoms with Crippen LogP contribution in [-0.2, 0) is 11.2 Å². The van der Waals surface area contributed by atoms with Gasteiger partial charge in [0.15, 0.2) is 0 Å². The standard InChI is InChI=1S/C21H26N4O2/c26-20-18(13-15-7-3-1-4-8-15)25(12-11-22-20)21(27)17-14-23-24-19(17)16-9-5-2-6-10-16/h1,3-4,7-8,14,16,18H,2,5-6,9-13H2,(H,22,26)(H,23,24)/t18-/m0/s1. The highest BCUT2D eigenvalue weighted by atomic mass is 16.2. The third-order valence-electron chi connectivity index (χ3n) is 5.78. The van der Waals surface area contributed by atoms with Crippen LogP contribution in [0.2, 0.25) is 0 Å². The largest absolute Gasteiger partial charge is 0.353 e. The fraction of sp³-hybridized carbons (Fsp3) is 0.476. The van der Waals surface area contributed by atoms with Gasteiger partial charge in [-0.1, -0.05) is 49.6 Å². The second-order valence-corrected chi connectivity index (χ2v) is 7.53. The van der Waals surface area contributed by atoms with Gasteiger partial charge in [-0.05, 0) is 18.4 Å². The minimum atomic E-state index is -0.484. The first-order chi connectivity index (χ1) is 13.2. The van der Waals surface area contributed by atoms with E-state index in [1.807, 2.05) is 30.3 Å². The fourth-order valence-corrected chi connectivity index (χ4v) is 4.32. The number of rotatable bonds is 4. The van der Waals surface area contributed by atoms with Gasteiger partial charge in [-0.15, -0.1) is 0 Å². The Hall–Kier alpha value is -2.63. The van der Waals surface area contributed by atoms with Crippen LogP contribution in [0.1, 0.15) is 59.6 Å². The summed E-state index contributed by atoms with van der Waals surface area (Å²) in [5, 5.41) is 10.1. The summed E-state index contributed by atoms with van der Waals surface area (Å²) in [7, 11) is 0. The van der Waals surface area contributed by atoms with E-state index in [1.54, 1.807) is 11.1 Å². The van der Waals surface area contributed by atoms with Gasteiger partial charge < -0.3 is 10.2 Å². The summed E-state index contributed by atoms with van der Waals surface area (Å²) in [4.78, 5) is 27.6. The van der Waals surface area contributed by atoms with E-state index in [2.05, 4.69) is 15.5 Å². The van der Waals surface area contributed by atoms with Crippen LogP contribution in [0.25, 0.3) is 0 Å². The Bertz CT molecular complexity index is 796. The van der Waals surface area contributed by atoms with Crippen molar-refractivity contribution in [1.82, 2.24) is 20.4 Å². The van der Waals surface area contributed by atoms with Crippen LogP contribution >= 0.6 is 0 Å². The van der Waals surface area contributed by atoms with Crippen molar-refractivity contribution in [3.05, 3.63) is 53.3 Å². The number of nitrogens with zero attached hydrogens (tertiary/aromatic N) is 2. The maximum Gasteiger partial charge on any atom is 0.258 e. The summed E-state index contributed by atoms with van der Waals surface area (Å²) in [6.07, 6.45) is 8.00. The Morgan fingerprint density at radius 1 is 1.15 bits per heavy atom. The molecule has 6 nitrogen and oxygen atoms in total. The van der Waals surface area contributed by atoms with Crippen LogP contribution in [0.4, 0.5) is 0 Å². The molecule has 4 rings (SSSR count). The van der Waals surface area contributed by atoms with E-state index in [9.17, 15) is 9.59 Å². The summed E-state index contributed by atoms with van der Waals surface area (Å²) in [6, 6.07) is 9.38. The highest BCUT2D eigenvalue weighted by Gasteiger charge is 2.35. The van der Waals surface area contributed by atoms with Crippen molar-refractivity contribution < 1.29 is 9.59 Å². The van der Waals surface area contributed by atoms with Gasteiger partial charge in [0.2, 0.25) is 5.91 Å². The zero-order valence-electron chi connectivity index (χ0n) is 15.5. The van der Waals surface area contributed by atoms with Crippen molar-refractivity contribution in [1.29, 1.82) is 0 Å². The Labute approximate surface area is 159 Å². The van der Waals surface area contributed by atoms with Crippen molar-refractivity contribution in [3.8, 4) is 0 Å². The lowest BCUT2D eigenvalue weighted by Gasteiger charge is -2.35. The Morgan fingerprint density at radius 2 is 1.93 bits per heavy atom. The van der Waals surface area contributed by atoms with Gasteiger partial charge >= 0.3 is 0 Å². The molecule has 2 aliphatic rings. The highest BCUT2D eigenvalue weighted by Crippen LogP contribution is 2.33. The second kappa shape index (κ2) is 7.94. The molecule has 27 heavy (non-hydrogen) atoms. The second-order valence-electron chi connectivity index (χ2n) is 7.53. The van der Waals surface area contributed by atoms with E-state index < -0.39 is 6.04 Å². The first-order valence-corrected chi connectivity index (χ1v) is 9.90. The van der Waals surface area contributed by atoms with Crippen LogP contribution in [0, 0.1) is 0 Å². The van der Waals surface area contributed by atoms with Gasteiger partial charge in [0.1, 0.15) is 6.04 Å². The molecule has 0 unspecified atom stereocenters. The molecule has 1 saturated heterocycles. The molecule has 142 valence electrons. The number of nitrogens with one attached hydrogen (secondary N) is 2. The number of carbonyl (C=O) groups is 2. The summed E-state index contributed by atoms with van der Waals surface area (Å²) >= 11 is 0. The van der Waals surface area contributed by atoms with Crippen LogP contribution in [0.5, 0.6) is 0 Å². The number of benzene rings is 1. The molecule has 2 fully saturated rings. The first kappa shape index (κ1) is 17.8. The lowest BCUT2D eigenvalue weighted by Crippen LogP contribution is -2.58. The average Bonchev–Trinajstić information content (AvgIpc) is 3.20. The predicted molar refractivity (Wildman–Crippen MR) is 102 cm³/mol. The first-order valence-electron chi connectivity index (χ1n) is 9.90. The van der Waals surface area contributed by atoms with E-state index >= 15 is 0 Å². The molecule has 0 bridgehead atoms. The van der Waals surface area contributed by atoms with Crippen molar-refractivity contribution in [2.75, 3.05) is 13.1 Å². The van der Waals surface area contributed by atoms with Crippen LogP contribution in [-0.4, -0.2) is 46.0 Å². The van der Waals surface area contributed by atoms with Crippen molar-refractivity contribution in [2.45, 2.75) is 50.5 Å². The van der Waals surface area contributed by atoms with Gasteiger partial charge in [-0.2, -0.15) is 5.10 Å². The number of aromatic amines is 1. The maximum atomic E-state index is 13.4. The third-order valence-corrected chi connectivity index (χ3v) is 5.78. The smallest absolute Gasteiger partial charge is 0.258 e. The summed E-state index contributed by atoms with van der Waals surface area (Å²) in [5.74, 6) is 0.202. The van der Waals surface area contributed by atoms with Crippen LogP contribution in [0.3, 0.4) is 0 Å². The number of piperazine rings is 1. The van der Waals surface area contributed by atoms with Gasteiger partial charge in [0, 0.05) is 25.4 Å². The topological polar surface area (TPSA) is 78.1 Å². The zero-order chi connectivity index (χ0) is 18.6. The molecule has 6 heteroatoms.